The van der Waals surface area contributed by atoms with Crippen molar-refractivity contribution < 1.29 is 5.11 Å². The number of nitrogens with zero attached hydrogens (tertiary/aromatic N) is 1. The fraction of sp³-hybridized carbons (Fsp3) is 1.00. The highest BCUT2D eigenvalue weighted by atomic mass is 32.2. The molecule has 11 heavy (non-hydrogen) atoms. The van der Waals surface area contributed by atoms with Gasteiger partial charge in [-0.15, -0.1) is 11.8 Å². The summed E-state index contributed by atoms with van der Waals surface area (Å²) in [7, 11) is 0. The number of hydrogen-bond donors (Lipinski definition) is 1. The molecule has 1 aliphatic rings. The average molecular weight is 175 g/mol. The Balaban J connectivity index is 2.37. The molecule has 1 rings (SSSR count). The summed E-state index contributed by atoms with van der Waals surface area (Å²) in [4.78, 5) is 2.32. The molecule has 1 fully saturated rings. The minimum Gasteiger partial charge on any atom is -0.389 e. The van der Waals surface area contributed by atoms with Crippen molar-refractivity contribution in [2.75, 3.05) is 18.7 Å². The van der Waals surface area contributed by atoms with Crippen LogP contribution in [0.3, 0.4) is 0 Å². The average Bonchev–Trinajstić information content (AvgIpc) is 1.75. The van der Waals surface area contributed by atoms with Crippen LogP contribution in [0.15, 0.2) is 0 Å². The van der Waals surface area contributed by atoms with E-state index < -0.39 is 5.60 Å². The van der Waals surface area contributed by atoms with Gasteiger partial charge in [0.15, 0.2) is 0 Å². The van der Waals surface area contributed by atoms with E-state index in [1.807, 2.05) is 25.6 Å². The third-order valence-corrected chi connectivity index (χ3v) is 2.83. The highest BCUT2D eigenvalue weighted by Gasteiger charge is 2.38. The highest BCUT2D eigenvalue weighted by molar-refractivity contribution is 7.98. The molecule has 0 aromatic rings. The highest BCUT2D eigenvalue weighted by Crippen LogP contribution is 2.28. The third kappa shape index (κ3) is 2.10. The number of rotatable bonds is 3. The molecule has 3 heteroatoms. The van der Waals surface area contributed by atoms with Crippen molar-refractivity contribution in [1.29, 1.82) is 0 Å². The molecule has 0 radical (unpaired) electrons. The second-order valence-corrected chi connectivity index (χ2v) is 4.52. The number of thioether (sulfide) groups is 1. The van der Waals surface area contributed by atoms with E-state index >= 15 is 0 Å². The standard InChI is InChI=1S/C8H17NOS/c1-8(2,10)7-4-5-9(7)6-11-3/h7,10H,4-6H2,1-3H3. The zero-order valence-corrected chi connectivity index (χ0v) is 8.32. The maximum Gasteiger partial charge on any atom is 0.0747 e. The Morgan fingerprint density at radius 3 is 2.55 bits per heavy atom. The lowest BCUT2D eigenvalue weighted by atomic mass is 9.89. The van der Waals surface area contributed by atoms with Crippen LogP contribution in [0.5, 0.6) is 0 Å². The lowest BCUT2D eigenvalue weighted by Crippen LogP contribution is -2.58. The maximum atomic E-state index is 9.68. The molecule has 66 valence electrons. The lowest BCUT2D eigenvalue weighted by molar-refractivity contribution is -0.0604. The Hall–Kier alpha value is 0.270. The Morgan fingerprint density at radius 1 is 1.64 bits per heavy atom. The summed E-state index contributed by atoms with van der Waals surface area (Å²) in [5, 5.41) is 9.68. The molecule has 0 spiro atoms. The van der Waals surface area contributed by atoms with Crippen molar-refractivity contribution in [1.82, 2.24) is 4.90 Å². The normalized spacial score (nSPS) is 26.7. The largest absolute Gasteiger partial charge is 0.389 e. The van der Waals surface area contributed by atoms with Gasteiger partial charge in [0, 0.05) is 18.5 Å². The fourth-order valence-corrected chi connectivity index (χ4v) is 2.20. The molecule has 1 N–H and O–H groups in total. The minimum atomic E-state index is -0.520. The maximum absolute atomic E-state index is 9.68. The number of aliphatic hydroxyl groups is 1. The first-order chi connectivity index (χ1) is 5.05. The van der Waals surface area contributed by atoms with E-state index in [0.717, 1.165) is 18.8 Å². The Kier molecular flexibility index (Phi) is 2.84. The molecule has 0 bridgehead atoms. The second kappa shape index (κ2) is 3.33. The molecule has 1 aliphatic heterocycles. The summed E-state index contributed by atoms with van der Waals surface area (Å²) >= 11 is 1.82. The van der Waals surface area contributed by atoms with Gasteiger partial charge in [0.05, 0.1) is 5.60 Å². The molecule has 0 aliphatic carbocycles. The van der Waals surface area contributed by atoms with E-state index in [9.17, 15) is 5.11 Å². The van der Waals surface area contributed by atoms with Crippen LogP contribution in [0.2, 0.25) is 0 Å². The molecule has 1 saturated heterocycles. The molecular weight excluding hydrogens is 158 g/mol. The van der Waals surface area contributed by atoms with Gasteiger partial charge in [-0.1, -0.05) is 0 Å². The van der Waals surface area contributed by atoms with Gasteiger partial charge in [-0.05, 0) is 26.5 Å². The summed E-state index contributed by atoms with van der Waals surface area (Å²) < 4.78 is 0. The summed E-state index contributed by atoms with van der Waals surface area (Å²) in [5.41, 5.74) is -0.520. The summed E-state index contributed by atoms with van der Waals surface area (Å²) in [6.07, 6.45) is 3.24. The van der Waals surface area contributed by atoms with Gasteiger partial charge in [-0.3, -0.25) is 4.90 Å². The van der Waals surface area contributed by atoms with Crippen molar-refractivity contribution in [3.63, 3.8) is 0 Å². The predicted octanol–water partition coefficient (Wildman–Crippen LogP) is 1.15. The molecule has 1 unspecified atom stereocenters. The van der Waals surface area contributed by atoms with Crippen LogP contribution in [0, 0.1) is 0 Å². The van der Waals surface area contributed by atoms with Gasteiger partial charge in [-0.2, -0.15) is 0 Å². The van der Waals surface area contributed by atoms with E-state index in [0.29, 0.717) is 6.04 Å². The topological polar surface area (TPSA) is 23.5 Å². The first-order valence-electron chi connectivity index (χ1n) is 4.01. The molecule has 0 aromatic carbocycles. The number of hydrogen-bond acceptors (Lipinski definition) is 3. The van der Waals surface area contributed by atoms with Gasteiger partial charge in [0.2, 0.25) is 0 Å². The Bertz CT molecular complexity index is 133. The molecule has 0 amide bonds. The third-order valence-electron chi connectivity index (χ3n) is 2.24. The van der Waals surface area contributed by atoms with Crippen molar-refractivity contribution >= 4 is 11.8 Å². The first kappa shape index (κ1) is 9.36. The molecule has 1 heterocycles. The molecule has 1 atom stereocenters. The summed E-state index contributed by atoms with van der Waals surface area (Å²) in [5.74, 6) is 1.05. The van der Waals surface area contributed by atoms with Crippen LogP contribution in [-0.2, 0) is 0 Å². The smallest absolute Gasteiger partial charge is 0.0747 e. The van der Waals surface area contributed by atoms with Gasteiger partial charge in [-0.25, -0.2) is 0 Å². The molecule has 2 nitrogen and oxygen atoms in total. The van der Waals surface area contributed by atoms with Crippen molar-refractivity contribution in [3.8, 4) is 0 Å². The van der Waals surface area contributed by atoms with E-state index in [-0.39, 0.29) is 0 Å². The molecular formula is C8H17NOS. The quantitative estimate of drug-likeness (QED) is 0.696. The summed E-state index contributed by atoms with van der Waals surface area (Å²) in [6, 6.07) is 0.384. The Labute approximate surface area is 73.0 Å². The fourth-order valence-electron chi connectivity index (χ4n) is 1.56. The van der Waals surface area contributed by atoms with Gasteiger partial charge in [0.1, 0.15) is 0 Å². The van der Waals surface area contributed by atoms with Crippen molar-refractivity contribution in [3.05, 3.63) is 0 Å². The molecule has 0 aromatic heterocycles. The zero-order valence-electron chi connectivity index (χ0n) is 7.50. The van der Waals surface area contributed by atoms with Gasteiger partial charge in [0.25, 0.3) is 0 Å². The van der Waals surface area contributed by atoms with Crippen LogP contribution in [0.1, 0.15) is 20.3 Å². The van der Waals surface area contributed by atoms with E-state index in [4.69, 9.17) is 0 Å². The zero-order chi connectivity index (χ0) is 8.48. The van der Waals surface area contributed by atoms with Crippen LogP contribution in [-0.4, -0.2) is 40.3 Å². The van der Waals surface area contributed by atoms with Crippen molar-refractivity contribution in [2.24, 2.45) is 0 Å². The van der Waals surface area contributed by atoms with Gasteiger partial charge < -0.3 is 5.11 Å². The monoisotopic (exact) mass is 175 g/mol. The van der Waals surface area contributed by atoms with Gasteiger partial charge >= 0.3 is 0 Å². The first-order valence-corrected chi connectivity index (χ1v) is 5.40. The Morgan fingerprint density at radius 2 is 2.27 bits per heavy atom. The SMILES string of the molecule is CSCN1CCC1C(C)(C)O. The predicted molar refractivity (Wildman–Crippen MR) is 49.8 cm³/mol. The van der Waals surface area contributed by atoms with Crippen LogP contribution in [0.4, 0.5) is 0 Å². The van der Waals surface area contributed by atoms with E-state index in [1.54, 1.807) is 0 Å². The van der Waals surface area contributed by atoms with E-state index in [2.05, 4.69) is 11.2 Å². The molecule has 0 saturated carbocycles. The summed E-state index contributed by atoms with van der Waals surface area (Å²) in [6.45, 7) is 4.93. The van der Waals surface area contributed by atoms with E-state index in [1.165, 1.54) is 0 Å². The van der Waals surface area contributed by atoms with Crippen LogP contribution >= 0.6 is 11.8 Å². The van der Waals surface area contributed by atoms with Crippen LogP contribution in [0.25, 0.3) is 0 Å². The number of likely N-dealkylation sites (tertiary alicyclic amines) is 1. The lowest BCUT2D eigenvalue weighted by Gasteiger charge is -2.47. The second-order valence-electron chi connectivity index (χ2n) is 3.69. The van der Waals surface area contributed by atoms with Crippen molar-refractivity contribution in [2.45, 2.75) is 31.9 Å². The van der Waals surface area contributed by atoms with Crippen LogP contribution < -0.4 is 0 Å². The minimum absolute atomic E-state index is 0.384.